The summed E-state index contributed by atoms with van der Waals surface area (Å²) in [5.74, 6) is -0.776. The highest BCUT2D eigenvalue weighted by Gasteiger charge is 2.34. The van der Waals surface area contributed by atoms with Crippen LogP contribution in [0.5, 0.6) is 5.75 Å². The summed E-state index contributed by atoms with van der Waals surface area (Å²) in [4.78, 5) is 26.5. The number of nitrogens with zero attached hydrogens (tertiary/aromatic N) is 1. The maximum Gasteiger partial charge on any atom is 0.316 e. The van der Waals surface area contributed by atoms with Crippen molar-refractivity contribution in [3.8, 4) is 5.75 Å². The number of nitrogens with one attached hydrogen (secondary N) is 1. The number of hydrogen-bond acceptors (Lipinski definition) is 3. The smallest absolute Gasteiger partial charge is 0.316 e. The standard InChI is InChI=1S/C18H17ClN2O3/c1-11-9-12-5-3-4-6-15(12)21(11)18(23)17(22)20-13-7-8-16(24-2)14(19)10-13/h3-8,10-11H,9H2,1-2H3,(H,20,22). The molecule has 1 atom stereocenters. The molecule has 2 aromatic carbocycles. The third-order valence-corrected chi connectivity index (χ3v) is 4.33. The van der Waals surface area contributed by atoms with E-state index in [1.165, 1.54) is 12.0 Å². The van der Waals surface area contributed by atoms with E-state index < -0.39 is 11.8 Å². The Morgan fingerprint density at radius 2 is 2.00 bits per heavy atom. The highest BCUT2D eigenvalue weighted by atomic mass is 35.5. The van der Waals surface area contributed by atoms with Crippen LogP contribution in [0.1, 0.15) is 12.5 Å². The first-order valence-corrected chi connectivity index (χ1v) is 7.95. The van der Waals surface area contributed by atoms with E-state index in [1.807, 2.05) is 31.2 Å². The fourth-order valence-corrected chi connectivity index (χ4v) is 3.17. The van der Waals surface area contributed by atoms with Crippen LogP contribution in [-0.2, 0) is 16.0 Å². The molecule has 124 valence electrons. The van der Waals surface area contributed by atoms with Crippen molar-refractivity contribution < 1.29 is 14.3 Å². The van der Waals surface area contributed by atoms with Crippen molar-refractivity contribution in [2.75, 3.05) is 17.3 Å². The first-order chi connectivity index (χ1) is 11.5. The first-order valence-electron chi connectivity index (χ1n) is 7.57. The van der Waals surface area contributed by atoms with Crippen LogP contribution in [-0.4, -0.2) is 25.0 Å². The summed E-state index contributed by atoms with van der Waals surface area (Å²) in [6, 6.07) is 12.4. The van der Waals surface area contributed by atoms with Crippen LogP contribution in [0.15, 0.2) is 42.5 Å². The van der Waals surface area contributed by atoms with Gasteiger partial charge >= 0.3 is 11.8 Å². The number of amides is 2. The molecule has 0 bridgehead atoms. The Bertz CT molecular complexity index is 807. The Morgan fingerprint density at radius 1 is 1.25 bits per heavy atom. The van der Waals surface area contributed by atoms with Crippen LogP contribution in [0.4, 0.5) is 11.4 Å². The van der Waals surface area contributed by atoms with Crippen LogP contribution in [0.2, 0.25) is 5.02 Å². The SMILES string of the molecule is COc1ccc(NC(=O)C(=O)N2c3ccccc3CC2C)cc1Cl. The lowest BCUT2D eigenvalue weighted by molar-refractivity contribution is -0.134. The van der Waals surface area contributed by atoms with E-state index in [2.05, 4.69) is 5.32 Å². The van der Waals surface area contributed by atoms with Gasteiger partial charge < -0.3 is 15.0 Å². The molecule has 3 rings (SSSR count). The number of rotatable bonds is 2. The number of halogens is 1. The predicted octanol–water partition coefficient (Wildman–Crippen LogP) is 3.26. The highest BCUT2D eigenvalue weighted by molar-refractivity contribution is 6.44. The third-order valence-electron chi connectivity index (χ3n) is 4.03. The largest absolute Gasteiger partial charge is 0.495 e. The molecule has 2 amide bonds. The van der Waals surface area contributed by atoms with Gasteiger partial charge in [0.05, 0.1) is 12.1 Å². The molecule has 1 unspecified atom stereocenters. The maximum absolute atomic E-state index is 12.6. The van der Waals surface area contributed by atoms with Crippen molar-refractivity contribution in [2.24, 2.45) is 0 Å². The topological polar surface area (TPSA) is 58.6 Å². The zero-order valence-electron chi connectivity index (χ0n) is 13.4. The molecule has 6 heteroatoms. The number of methoxy groups -OCH3 is 1. The normalized spacial score (nSPS) is 15.8. The molecule has 1 aliphatic rings. The summed E-state index contributed by atoms with van der Waals surface area (Å²) in [5, 5.41) is 2.96. The van der Waals surface area contributed by atoms with E-state index in [1.54, 1.807) is 18.2 Å². The summed E-state index contributed by atoms with van der Waals surface area (Å²) in [6.07, 6.45) is 0.740. The van der Waals surface area contributed by atoms with Gasteiger partial charge in [0.2, 0.25) is 0 Å². The molecule has 24 heavy (non-hydrogen) atoms. The molecule has 2 aromatic rings. The van der Waals surface area contributed by atoms with Gasteiger partial charge in [-0.1, -0.05) is 29.8 Å². The van der Waals surface area contributed by atoms with E-state index in [0.717, 1.165) is 17.7 Å². The Labute approximate surface area is 145 Å². The minimum Gasteiger partial charge on any atom is -0.495 e. The van der Waals surface area contributed by atoms with Crippen LogP contribution >= 0.6 is 11.6 Å². The van der Waals surface area contributed by atoms with Crippen molar-refractivity contribution in [3.05, 3.63) is 53.1 Å². The fourth-order valence-electron chi connectivity index (χ4n) is 2.91. The molecular weight excluding hydrogens is 328 g/mol. The molecule has 0 aromatic heterocycles. The van der Waals surface area contributed by atoms with E-state index in [0.29, 0.717) is 16.5 Å². The number of para-hydroxylation sites is 1. The number of benzene rings is 2. The number of fused-ring (bicyclic) bond motifs is 1. The van der Waals surface area contributed by atoms with Gasteiger partial charge in [-0.3, -0.25) is 9.59 Å². The van der Waals surface area contributed by atoms with Crippen molar-refractivity contribution in [3.63, 3.8) is 0 Å². The lowest BCUT2D eigenvalue weighted by Gasteiger charge is -2.22. The van der Waals surface area contributed by atoms with Gasteiger partial charge in [0.15, 0.2) is 0 Å². The molecule has 0 fully saturated rings. The second kappa shape index (κ2) is 6.53. The third kappa shape index (κ3) is 2.95. The number of anilines is 2. The monoisotopic (exact) mass is 344 g/mol. The molecule has 0 aliphatic carbocycles. The van der Waals surface area contributed by atoms with Crippen LogP contribution in [0.3, 0.4) is 0 Å². The molecular formula is C18H17ClN2O3. The summed E-state index contributed by atoms with van der Waals surface area (Å²) >= 11 is 6.04. The van der Waals surface area contributed by atoms with Gasteiger partial charge in [0, 0.05) is 17.4 Å². The van der Waals surface area contributed by atoms with Crippen molar-refractivity contribution >= 4 is 34.8 Å². The van der Waals surface area contributed by atoms with Crippen LogP contribution in [0.25, 0.3) is 0 Å². The van der Waals surface area contributed by atoms with E-state index in [9.17, 15) is 9.59 Å². The van der Waals surface area contributed by atoms with E-state index in [4.69, 9.17) is 16.3 Å². The van der Waals surface area contributed by atoms with Crippen molar-refractivity contribution in [1.29, 1.82) is 0 Å². The van der Waals surface area contributed by atoms with E-state index in [-0.39, 0.29) is 6.04 Å². The highest BCUT2D eigenvalue weighted by Crippen LogP contribution is 2.32. The Hall–Kier alpha value is -2.53. The molecule has 1 N–H and O–H groups in total. The van der Waals surface area contributed by atoms with Crippen LogP contribution < -0.4 is 15.0 Å². The number of hydrogen-bond donors (Lipinski definition) is 1. The molecule has 5 nitrogen and oxygen atoms in total. The second-order valence-electron chi connectivity index (χ2n) is 5.66. The van der Waals surface area contributed by atoms with Gasteiger partial charge in [0.1, 0.15) is 5.75 Å². The van der Waals surface area contributed by atoms with Gasteiger partial charge in [-0.25, -0.2) is 0 Å². The van der Waals surface area contributed by atoms with Gasteiger partial charge in [-0.15, -0.1) is 0 Å². The Morgan fingerprint density at radius 3 is 2.71 bits per heavy atom. The Balaban J connectivity index is 1.78. The molecule has 1 heterocycles. The summed E-state index contributed by atoms with van der Waals surface area (Å²) in [6.45, 7) is 1.93. The van der Waals surface area contributed by atoms with E-state index >= 15 is 0 Å². The Kier molecular flexibility index (Phi) is 4.44. The van der Waals surface area contributed by atoms with Crippen molar-refractivity contribution in [2.45, 2.75) is 19.4 Å². The number of ether oxygens (including phenoxy) is 1. The van der Waals surface area contributed by atoms with Crippen molar-refractivity contribution in [1.82, 2.24) is 0 Å². The average Bonchev–Trinajstić information content (AvgIpc) is 2.90. The molecule has 0 saturated carbocycles. The minimum atomic E-state index is -0.695. The summed E-state index contributed by atoms with van der Waals surface area (Å²) in [5.41, 5.74) is 2.30. The average molecular weight is 345 g/mol. The quantitative estimate of drug-likeness (QED) is 0.851. The zero-order chi connectivity index (χ0) is 17.3. The summed E-state index contributed by atoms with van der Waals surface area (Å²) in [7, 11) is 1.51. The first kappa shape index (κ1) is 16.3. The molecule has 0 saturated heterocycles. The van der Waals surface area contributed by atoms with Gasteiger partial charge in [0.25, 0.3) is 0 Å². The molecule has 0 spiro atoms. The summed E-state index contributed by atoms with van der Waals surface area (Å²) < 4.78 is 5.07. The lowest BCUT2D eigenvalue weighted by atomic mass is 10.1. The zero-order valence-corrected chi connectivity index (χ0v) is 14.1. The number of carbonyl (C=O) groups excluding carboxylic acids is 2. The minimum absolute atomic E-state index is 0.0555. The van der Waals surface area contributed by atoms with Gasteiger partial charge in [-0.05, 0) is 43.2 Å². The second-order valence-corrected chi connectivity index (χ2v) is 6.07. The maximum atomic E-state index is 12.6. The fraction of sp³-hybridized carbons (Fsp3) is 0.222. The molecule has 0 radical (unpaired) electrons. The van der Waals surface area contributed by atoms with Gasteiger partial charge in [-0.2, -0.15) is 0 Å². The molecule has 1 aliphatic heterocycles. The number of carbonyl (C=O) groups is 2. The predicted molar refractivity (Wildman–Crippen MR) is 93.7 cm³/mol. The lowest BCUT2D eigenvalue weighted by Crippen LogP contribution is -2.43. The van der Waals surface area contributed by atoms with Crippen LogP contribution in [0, 0.1) is 0 Å².